The Balaban J connectivity index is 0.00000192. The van der Waals surface area contributed by atoms with E-state index in [1.165, 1.54) is 24.8 Å². The highest BCUT2D eigenvalue weighted by molar-refractivity contribution is 14.0. The summed E-state index contributed by atoms with van der Waals surface area (Å²) in [6.45, 7) is 4.82. The van der Waals surface area contributed by atoms with E-state index in [-0.39, 0.29) is 24.0 Å². The van der Waals surface area contributed by atoms with Crippen molar-refractivity contribution in [1.29, 1.82) is 0 Å². The first-order chi connectivity index (χ1) is 10.8. The van der Waals surface area contributed by atoms with Crippen LogP contribution in [0.25, 0.3) is 11.0 Å². The van der Waals surface area contributed by atoms with Gasteiger partial charge in [-0.15, -0.1) is 24.0 Å². The van der Waals surface area contributed by atoms with E-state index in [1.54, 1.807) is 0 Å². The van der Waals surface area contributed by atoms with Crippen LogP contribution in [0.15, 0.2) is 29.3 Å². The van der Waals surface area contributed by atoms with Crippen LogP contribution in [0.4, 0.5) is 0 Å². The van der Waals surface area contributed by atoms with Crippen molar-refractivity contribution in [1.82, 2.24) is 20.2 Å². The molecule has 2 aromatic rings. The summed E-state index contributed by atoms with van der Waals surface area (Å²) < 4.78 is 2.25. The Morgan fingerprint density at radius 2 is 2.09 bits per heavy atom. The molecule has 5 nitrogen and oxygen atoms in total. The fraction of sp³-hybridized carbons (Fsp3) is 0.529. The van der Waals surface area contributed by atoms with E-state index in [0.29, 0.717) is 0 Å². The first-order valence-electron chi connectivity index (χ1n) is 8.14. The Morgan fingerprint density at radius 1 is 1.30 bits per heavy atom. The van der Waals surface area contributed by atoms with Crippen LogP contribution in [0.2, 0.25) is 0 Å². The minimum Gasteiger partial charge on any atom is -0.356 e. The molecule has 0 atom stereocenters. The fourth-order valence-electron chi connectivity index (χ4n) is 2.92. The van der Waals surface area contributed by atoms with Crippen LogP contribution in [0.3, 0.4) is 0 Å². The number of fused-ring (bicyclic) bond motifs is 1. The fourth-order valence-corrected chi connectivity index (χ4v) is 2.92. The van der Waals surface area contributed by atoms with Crippen LogP contribution >= 0.6 is 24.0 Å². The summed E-state index contributed by atoms with van der Waals surface area (Å²) in [6.07, 6.45) is 4.08. The van der Waals surface area contributed by atoms with E-state index in [1.807, 2.05) is 13.1 Å². The number of nitrogens with one attached hydrogen (secondary N) is 2. The van der Waals surface area contributed by atoms with E-state index in [4.69, 9.17) is 0 Å². The highest BCUT2D eigenvalue weighted by Crippen LogP contribution is 2.25. The second-order valence-electron chi connectivity index (χ2n) is 5.98. The average molecular weight is 427 g/mol. The van der Waals surface area contributed by atoms with Gasteiger partial charge in [-0.2, -0.15) is 0 Å². The largest absolute Gasteiger partial charge is 0.356 e. The molecule has 1 aliphatic carbocycles. The number of para-hydroxylation sites is 2. The lowest BCUT2D eigenvalue weighted by molar-refractivity contribution is 0.314. The predicted octanol–water partition coefficient (Wildman–Crippen LogP) is 2.93. The Morgan fingerprint density at radius 3 is 2.78 bits per heavy atom. The van der Waals surface area contributed by atoms with Gasteiger partial charge >= 0.3 is 0 Å². The lowest BCUT2D eigenvalue weighted by atomic mass is 9.85. The smallest absolute Gasteiger partial charge is 0.191 e. The Kier molecular flexibility index (Phi) is 6.68. The van der Waals surface area contributed by atoms with Gasteiger partial charge in [0, 0.05) is 26.7 Å². The van der Waals surface area contributed by atoms with Gasteiger partial charge in [-0.05, 0) is 37.8 Å². The molecule has 23 heavy (non-hydrogen) atoms. The number of hydrogen-bond acceptors (Lipinski definition) is 2. The molecule has 1 aliphatic rings. The SMILES string of the molecule is CN=C(NCCn1c(C)nc2ccccc21)NCC1CCC1.I. The quantitative estimate of drug-likeness (QED) is 0.439. The highest BCUT2D eigenvalue weighted by atomic mass is 127. The zero-order valence-corrected chi connectivity index (χ0v) is 16.2. The molecular formula is C17H26IN5. The topological polar surface area (TPSA) is 54.2 Å². The Bertz CT molecular complexity index is 660. The van der Waals surface area contributed by atoms with Gasteiger partial charge in [0.15, 0.2) is 5.96 Å². The van der Waals surface area contributed by atoms with Gasteiger partial charge in [-0.3, -0.25) is 4.99 Å². The van der Waals surface area contributed by atoms with Crippen LogP contribution in [-0.4, -0.2) is 35.6 Å². The van der Waals surface area contributed by atoms with Gasteiger partial charge in [0.25, 0.3) is 0 Å². The number of imidazole rings is 1. The summed E-state index contributed by atoms with van der Waals surface area (Å²) in [5, 5.41) is 6.81. The molecule has 2 N–H and O–H groups in total. The molecule has 3 rings (SSSR count). The summed E-state index contributed by atoms with van der Waals surface area (Å²) in [5.74, 6) is 2.78. The minimum atomic E-state index is 0. The first-order valence-corrected chi connectivity index (χ1v) is 8.14. The number of aryl methyl sites for hydroxylation is 1. The molecule has 1 heterocycles. The molecule has 0 amide bonds. The van der Waals surface area contributed by atoms with Crippen molar-refractivity contribution in [3.63, 3.8) is 0 Å². The van der Waals surface area contributed by atoms with Crippen LogP contribution in [0, 0.1) is 12.8 Å². The molecule has 1 fully saturated rings. The summed E-state index contributed by atoms with van der Waals surface area (Å²) >= 11 is 0. The zero-order valence-electron chi connectivity index (χ0n) is 13.9. The molecule has 0 bridgehead atoms. The molecule has 0 spiro atoms. The zero-order chi connectivity index (χ0) is 15.4. The molecule has 1 aromatic carbocycles. The maximum Gasteiger partial charge on any atom is 0.191 e. The van der Waals surface area contributed by atoms with Crippen LogP contribution < -0.4 is 10.6 Å². The van der Waals surface area contributed by atoms with Crippen molar-refractivity contribution in [3.8, 4) is 0 Å². The minimum absolute atomic E-state index is 0. The van der Waals surface area contributed by atoms with Crippen molar-refractivity contribution in [2.24, 2.45) is 10.9 Å². The Labute approximate surface area is 155 Å². The third kappa shape index (κ3) is 4.37. The van der Waals surface area contributed by atoms with Gasteiger partial charge in [0.2, 0.25) is 0 Å². The number of aliphatic imine (C=N–C) groups is 1. The maximum absolute atomic E-state index is 4.60. The monoisotopic (exact) mass is 427 g/mol. The third-order valence-electron chi connectivity index (χ3n) is 4.48. The predicted molar refractivity (Wildman–Crippen MR) is 107 cm³/mol. The number of nitrogens with zero attached hydrogens (tertiary/aromatic N) is 3. The number of benzene rings is 1. The molecule has 0 aliphatic heterocycles. The summed E-state index contributed by atoms with van der Waals surface area (Å²) in [5.41, 5.74) is 2.26. The molecular weight excluding hydrogens is 401 g/mol. The van der Waals surface area contributed by atoms with Crippen molar-refractivity contribution in [3.05, 3.63) is 30.1 Å². The molecule has 1 saturated carbocycles. The number of hydrogen-bond donors (Lipinski definition) is 2. The lowest BCUT2D eigenvalue weighted by Crippen LogP contribution is -2.42. The van der Waals surface area contributed by atoms with E-state index < -0.39 is 0 Å². The van der Waals surface area contributed by atoms with Crippen molar-refractivity contribution in [2.75, 3.05) is 20.1 Å². The van der Waals surface area contributed by atoms with Crippen LogP contribution in [0.1, 0.15) is 25.1 Å². The highest BCUT2D eigenvalue weighted by Gasteiger charge is 2.17. The molecule has 0 radical (unpaired) electrons. The summed E-state index contributed by atoms with van der Waals surface area (Å²) in [7, 11) is 1.83. The number of rotatable bonds is 5. The van der Waals surface area contributed by atoms with Gasteiger partial charge in [0.1, 0.15) is 5.82 Å². The third-order valence-corrected chi connectivity index (χ3v) is 4.48. The van der Waals surface area contributed by atoms with E-state index >= 15 is 0 Å². The lowest BCUT2D eigenvalue weighted by Gasteiger charge is -2.26. The molecule has 0 unspecified atom stereocenters. The first kappa shape index (κ1) is 18.0. The summed E-state index contributed by atoms with van der Waals surface area (Å²) in [4.78, 5) is 8.89. The standard InChI is InChI=1S/C17H25N5.HI/c1-13-21-15-8-3-4-9-16(15)22(13)11-10-19-17(18-2)20-12-14-6-5-7-14;/h3-4,8-9,14H,5-7,10-12H2,1-2H3,(H2,18,19,20);1H. The van der Waals surface area contributed by atoms with Crippen molar-refractivity contribution >= 4 is 41.0 Å². The van der Waals surface area contributed by atoms with Crippen LogP contribution in [-0.2, 0) is 6.54 Å². The summed E-state index contributed by atoms with van der Waals surface area (Å²) in [6, 6.07) is 8.28. The molecule has 126 valence electrons. The number of halogens is 1. The second kappa shape index (κ2) is 8.52. The van der Waals surface area contributed by atoms with Gasteiger partial charge in [-0.1, -0.05) is 18.6 Å². The van der Waals surface area contributed by atoms with Crippen LogP contribution in [0.5, 0.6) is 0 Å². The maximum atomic E-state index is 4.60. The molecule has 1 aromatic heterocycles. The van der Waals surface area contributed by atoms with Crippen molar-refractivity contribution < 1.29 is 0 Å². The van der Waals surface area contributed by atoms with Crippen molar-refractivity contribution in [2.45, 2.75) is 32.7 Å². The second-order valence-corrected chi connectivity index (χ2v) is 5.98. The number of guanidine groups is 1. The molecule has 0 saturated heterocycles. The van der Waals surface area contributed by atoms with E-state index in [2.05, 4.69) is 50.3 Å². The molecule has 6 heteroatoms. The van der Waals surface area contributed by atoms with E-state index in [9.17, 15) is 0 Å². The van der Waals surface area contributed by atoms with Gasteiger partial charge < -0.3 is 15.2 Å². The van der Waals surface area contributed by atoms with E-state index in [0.717, 1.165) is 42.9 Å². The normalized spacial score (nSPS) is 15.1. The van der Waals surface area contributed by atoms with Gasteiger partial charge in [0.05, 0.1) is 11.0 Å². The number of aromatic nitrogens is 2. The Hall–Kier alpha value is -1.31. The average Bonchev–Trinajstić information content (AvgIpc) is 2.80. The van der Waals surface area contributed by atoms with Gasteiger partial charge in [-0.25, -0.2) is 4.98 Å².